The van der Waals surface area contributed by atoms with Gasteiger partial charge in [-0.25, -0.2) is 4.79 Å². The Morgan fingerprint density at radius 2 is 2.26 bits per heavy atom. The number of nitrogens with one attached hydrogen (secondary N) is 2. The molecule has 1 aliphatic rings. The van der Waals surface area contributed by atoms with E-state index in [9.17, 15) is 4.79 Å². The number of hydrogen-bond acceptors (Lipinski definition) is 4. The van der Waals surface area contributed by atoms with Crippen molar-refractivity contribution >= 4 is 11.8 Å². The Balaban J connectivity index is 1.72. The van der Waals surface area contributed by atoms with Gasteiger partial charge >= 0.3 is 6.03 Å². The highest BCUT2D eigenvalue weighted by Gasteiger charge is 2.20. The molecule has 0 unspecified atom stereocenters. The van der Waals surface area contributed by atoms with E-state index in [1.807, 2.05) is 0 Å². The summed E-state index contributed by atoms with van der Waals surface area (Å²) in [6, 6.07) is 3.52. The molecule has 0 bridgehead atoms. The standard InChI is InChI=1S/C13H21N5O/c1-2-8-18-9-5-11(6-10-18)15-13(19)16-12-4-3-7-14-17-12/h3-4,7,11H,2,5-6,8-10H2,1H3,(H2,15,16,17,19). The molecule has 6 nitrogen and oxygen atoms in total. The normalized spacial score (nSPS) is 17.1. The number of carbonyl (C=O) groups excluding carboxylic acids is 1. The van der Waals surface area contributed by atoms with Gasteiger partial charge in [0.2, 0.25) is 0 Å². The van der Waals surface area contributed by atoms with E-state index in [1.54, 1.807) is 18.3 Å². The molecule has 2 heterocycles. The Kier molecular flexibility index (Phi) is 5.09. The first kappa shape index (κ1) is 13.7. The molecule has 0 spiro atoms. The molecule has 1 aliphatic heterocycles. The summed E-state index contributed by atoms with van der Waals surface area (Å²) in [6.45, 7) is 5.46. The van der Waals surface area contributed by atoms with Crippen LogP contribution in [0.15, 0.2) is 18.3 Å². The fraction of sp³-hybridized carbons (Fsp3) is 0.615. The maximum absolute atomic E-state index is 11.8. The molecule has 0 aromatic carbocycles. The molecule has 0 radical (unpaired) electrons. The van der Waals surface area contributed by atoms with Gasteiger partial charge in [-0.1, -0.05) is 6.92 Å². The number of rotatable bonds is 4. The maximum Gasteiger partial charge on any atom is 0.320 e. The van der Waals surface area contributed by atoms with Crippen LogP contribution in [-0.4, -0.2) is 46.8 Å². The zero-order chi connectivity index (χ0) is 13.5. The van der Waals surface area contributed by atoms with Crippen LogP contribution in [0.3, 0.4) is 0 Å². The van der Waals surface area contributed by atoms with Crippen LogP contribution in [0.2, 0.25) is 0 Å². The van der Waals surface area contributed by atoms with Gasteiger partial charge in [0.05, 0.1) is 0 Å². The van der Waals surface area contributed by atoms with Crippen molar-refractivity contribution in [2.24, 2.45) is 0 Å². The van der Waals surface area contributed by atoms with E-state index in [1.165, 1.54) is 6.42 Å². The number of aromatic nitrogens is 2. The van der Waals surface area contributed by atoms with Gasteiger partial charge in [-0.3, -0.25) is 5.32 Å². The average molecular weight is 263 g/mol. The van der Waals surface area contributed by atoms with Crippen molar-refractivity contribution in [3.63, 3.8) is 0 Å². The van der Waals surface area contributed by atoms with Crippen molar-refractivity contribution in [1.29, 1.82) is 0 Å². The molecule has 0 aliphatic carbocycles. The zero-order valence-electron chi connectivity index (χ0n) is 11.3. The van der Waals surface area contributed by atoms with Gasteiger partial charge in [0, 0.05) is 25.3 Å². The fourth-order valence-corrected chi connectivity index (χ4v) is 2.32. The van der Waals surface area contributed by atoms with Gasteiger partial charge in [0.15, 0.2) is 5.82 Å². The van der Waals surface area contributed by atoms with Crippen LogP contribution < -0.4 is 10.6 Å². The second-order valence-corrected chi connectivity index (χ2v) is 4.82. The predicted octanol–water partition coefficient (Wildman–Crippen LogP) is 1.47. The maximum atomic E-state index is 11.8. The highest BCUT2D eigenvalue weighted by molar-refractivity contribution is 5.88. The monoisotopic (exact) mass is 263 g/mol. The van der Waals surface area contributed by atoms with E-state index < -0.39 is 0 Å². The van der Waals surface area contributed by atoms with Crippen LogP contribution in [0.25, 0.3) is 0 Å². The molecule has 1 fully saturated rings. The van der Waals surface area contributed by atoms with E-state index >= 15 is 0 Å². The summed E-state index contributed by atoms with van der Waals surface area (Å²) in [5.74, 6) is 0.475. The number of carbonyl (C=O) groups is 1. The third-order valence-electron chi connectivity index (χ3n) is 3.28. The Morgan fingerprint density at radius 3 is 2.89 bits per heavy atom. The minimum Gasteiger partial charge on any atom is -0.335 e. The highest BCUT2D eigenvalue weighted by Crippen LogP contribution is 2.10. The lowest BCUT2D eigenvalue weighted by Crippen LogP contribution is -2.46. The summed E-state index contributed by atoms with van der Waals surface area (Å²) in [5.41, 5.74) is 0. The van der Waals surface area contributed by atoms with Crippen LogP contribution >= 0.6 is 0 Å². The van der Waals surface area contributed by atoms with Crippen molar-refractivity contribution in [3.05, 3.63) is 18.3 Å². The topological polar surface area (TPSA) is 70.2 Å². The first-order valence-corrected chi connectivity index (χ1v) is 6.85. The predicted molar refractivity (Wildman–Crippen MR) is 73.9 cm³/mol. The second kappa shape index (κ2) is 7.04. The molecule has 1 aromatic rings. The number of anilines is 1. The molecule has 2 amide bonds. The summed E-state index contributed by atoms with van der Waals surface area (Å²) >= 11 is 0. The Hall–Kier alpha value is -1.69. The minimum absolute atomic E-state index is 0.200. The Morgan fingerprint density at radius 1 is 1.47 bits per heavy atom. The zero-order valence-corrected chi connectivity index (χ0v) is 11.3. The first-order valence-electron chi connectivity index (χ1n) is 6.85. The Labute approximate surface area is 113 Å². The lowest BCUT2D eigenvalue weighted by molar-refractivity contribution is 0.196. The Bertz CT molecular complexity index is 389. The van der Waals surface area contributed by atoms with E-state index in [4.69, 9.17) is 0 Å². The molecular weight excluding hydrogens is 242 g/mol. The highest BCUT2D eigenvalue weighted by atomic mass is 16.2. The van der Waals surface area contributed by atoms with Crippen molar-refractivity contribution in [1.82, 2.24) is 20.4 Å². The molecule has 104 valence electrons. The van der Waals surface area contributed by atoms with E-state index in [-0.39, 0.29) is 12.1 Å². The lowest BCUT2D eigenvalue weighted by atomic mass is 10.1. The summed E-state index contributed by atoms with van der Waals surface area (Å²) in [6.07, 6.45) is 4.78. The van der Waals surface area contributed by atoms with Gasteiger partial charge in [-0.05, 0) is 37.9 Å². The summed E-state index contributed by atoms with van der Waals surface area (Å²) in [4.78, 5) is 14.2. The number of nitrogens with zero attached hydrogens (tertiary/aromatic N) is 3. The summed E-state index contributed by atoms with van der Waals surface area (Å²) < 4.78 is 0. The quantitative estimate of drug-likeness (QED) is 0.863. The molecular formula is C13H21N5O. The molecule has 1 aromatic heterocycles. The van der Waals surface area contributed by atoms with Crippen LogP contribution in [0.4, 0.5) is 10.6 Å². The average Bonchev–Trinajstić information content (AvgIpc) is 2.42. The van der Waals surface area contributed by atoms with Gasteiger partial charge in [0.1, 0.15) is 0 Å². The minimum atomic E-state index is -0.200. The number of likely N-dealkylation sites (tertiary alicyclic amines) is 1. The van der Waals surface area contributed by atoms with Gasteiger partial charge in [0.25, 0.3) is 0 Å². The SMILES string of the molecule is CCCN1CCC(NC(=O)Nc2cccnn2)CC1. The van der Waals surface area contributed by atoms with Gasteiger partial charge in [-0.15, -0.1) is 5.10 Å². The molecule has 0 saturated carbocycles. The molecule has 0 atom stereocenters. The van der Waals surface area contributed by atoms with E-state index in [0.29, 0.717) is 5.82 Å². The number of urea groups is 1. The molecule has 19 heavy (non-hydrogen) atoms. The van der Waals surface area contributed by atoms with E-state index in [2.05, 4.69) is 32.7 Å². The molecule has 1 saturated heterocycles. The van der Waals surface area contributed by atoms with Crippen LogP contribution in [0.5, 0.6) is 0 Å². The van der Waals surface area contributed by atoms with Crippen molar-refractivity contribution in [2.45, 2.75) is 32.2 Å². The lowest BCUT2D eigenvalue weighted by Gasteiger charge is -2.31. The molecule has 6 heteroatoms. The number of amides is 2. The first-order chi connectivity index (χ1) is 9.28. The van der Waals surface area contributed by atoms with Gasteiger partial charge in [-0.2, -0.15) is 5.10 Å². The molecule has 2 rings (SSSR count). The number of hydrogen-bond donors (Lipinski definition) is 2. The largest absolute Gasteiger partial charge is 0.335 e. The van der Waals surface area contributed by atoms with Crippen LogP contribution in [0.1, 0.15) is 26.2 Å². The van der Waals surface area contributed by atoms with Crippen molar-refractivity contribution in [3.8, 4) is 0 Å². The third-order valence-corrected chi connectivity index (χ3v) is 3.28. The van der Waals surface area contributed by atoms with Gasteiger partial charge < -0.3 is 10.2 Å². The van der Waals surface area contributed by atoms with Crippen LogP contribution in [-0.2, 0) is 0 Å². The smallest absolute Gasteiger partial charge is 0.320 e. The van der Waals surface area contributed by atoms with Crippen LogP contribution in [0, 0.1) is 0 Å². The third kappa shape index (κ3) is 4.48. The fourth-order valence-electron chi connectivity index (χ4n) is 2.32. The second-order valence-electron chi connectivity index (χ2n) is 4.82. The number of piperidine rings is 1. The summed E-state index contributed by atoms with van der Waals surface area (Å²) in [7, 11) is 0. The van der Waals surface area contributed by atoms with Crippen molar-refractivity contribution in [2.75, 3.05) is 25.0 Å². The van der Waals surface area contributed by atoms with E-state index in [0.717, 1.165) is 32.5 Å². The van der Waals surface area contributed by atoms with Crippen molar-refractivity contribution < 1.29 is 4.79 Å². The molecule has 2 N–H and O–H groups in total. The summed E-state index contributed by atoms with van der Waals surface area (Å²) in [5, 5.41) is 13.2.